The Bertz CT molecular complexity index is 602. The molecule has 0 spiro atoms. The van der Waals surface area contributed by atoms with Crippen molar-refractivity contribution >= 4 is 12.4 Å². The van der Waals surface area contributed by atoms with Gasteiger partial charge in [0.05, 0.1) is 7.11 Å². The number of nitrogens with one attached hydrogen (secondary N) is 1. The lowest BCUT2D eigenvalue weighted by Gasteiger charge is -2.22. The van der Waals surface area contributed by atoms with Gasteiger partial charge in [0.25, 0.3) is 0 Å². The fourth-order valence-corrected chi connectivity index (χ4v) is 2.72. The van der Waals surface area contributed by atoms with E-state index in [1.807, 2.05) is 7.05 Å². The SMILES string of the molecule is COc1ccc(-c2cc[n+](C)cc2)c2c1CCNC2.Cl.[I-]. The van der Waals surface area contributed by atoms with Crippen LogP contribution in [0.4, 0.5) is 0 Å². The van der Waals surface area contributed by atoms with Gasteiger partial charge in [0.15, 0.2) is 12.4 Å². The predicted octanol–water partition coefficient (Wildman–Crippen LogP) is -0.742. The summed E-state index contributed by atoms with van der Waals surface area (Å²) in [5, 5.41) is 3.45. The third-order valence-electron chi connectivity index (χ3n) is 3.75. The minimum atomic E-state index is 0. The van der Waals surface area contributed by atoms with Gasteiger partial charge in [0.1, 0.15) is 12.8 Å². The molecule has 1 N–H and O–H groups in total. The van der Waals surface area contributed by atoms with E-state index >= 15 is 0 Å². The molecule has 1 aliphatic heterocycles. The average Bonchev–Trinajstić information content (AvgIpc) is 2.47. The van der Waals surface area contributed by atoms with Crippen molar-refractivity contribution in [1.29, 1.82) is 0 Å². The van der Waals surface area contributed by atoms with Crippen LogP contribution in [-0.2, 0) is 20.0 Å². The van der Waals surface area contributed by atoms with Crippen LogP contribution in [0.1, 0.15) is 11.1 Å². The maximum Gasteiger partial charge on any atom is 0.169 e. The summed E-state index contributed by atoms with van der Waals surface area (Å²) >= 11 is 0. The molecule has 1 aliphatic rings. The number of methoxy groups -OCH3 is 1. The number of ether oxygens (including phenoxy) is 1. The topological polar surface area (TPSA) is 25.1 Å². The van der Waals surface area contributed by atoms with Crippen LogP contribution in [0.15, 0.2) is 36.7 Å². The van der Waals surface area contributed by atoms with Crippen molar-refractivity contribution in [3.8, 4) is 16.9 Å². The molecule has 0 unspecified atom stereocenters. The second-order valence-corrected chi connectivity index (χ2v) is 4.95. The van der Waals surface area contributed by atoms with E-state index in [9.17, 15) is 0 Å². The zero-order valence-electron chi connectivity index (χ0n) is 12.2. The molecule has 0 amide bonds. The molecule has 21 heavy (non-hydrogen) atoms. The highest BCUT2D eigenvalue weighted by molar-refractivity contribution is 5.85. The lowest BCUT2D eigenvalue weighted by Crippen LogP contribution is -3.00. The van der Waals surface area contributed by atoms with Gasteiger partial charge in [-0.05, 0) is 35.7 Å². The molecule has 0 fully saturated rings. The van der Waals surface area contributed by atoms with Crippen LogP contribution in [0.5, 0.6) is 5.75 Å². The summed E-state index contributed by atoms with van der Waals surface area (Å²) in [6.07, 6.45) is 5.21. The van der Waals surface area contributed by atoms with Crippen LogP contribution in [0.2, 0.25) is 0 Å². The summed E-state index contributed by atoms with van der Waals surface area (Å²) in [5.41, 5.74) is 5.30. The Labute approximate surface area is 149 Å². The zero-order valence-corrected chi connectivity index (χ0v) is 15.2. The largest absolute Gasteiger partial charge is 1.00 e. The van der Waals surface area contributed by atoms with Gasteiger partial charge in [-0.25, -0.2) is 4.57 Å². The van der Waals surface area contributed by atoms with E-state index in [0.29, 0.717) is 0 Å². The van der Waals surface area contributed by atoms with Gasteiger partial charge < -0.3 is 34.0 Å². The highest BCUT2D eigenvalue weighted by Crippen LogP contribution is 2.33. The normalized spacial score (nSPS) is 12.7. The summed E-state index contributed by atoms with van der Waals surface area (Å²) in [4.78, 5) is 0. The number of pyridine rings is 1. The van der Waals surface area contributed by atoms with Crippen LogP contribution in [-0.4, -0.2) is 13.7 Å². The Balaban J connectivity index is 0.00000110. The number of hydrogen-bond donors (Lipinski definition) is 1. The van der Waals surface area contributed by atoms with E-state index in [1.165, 1.54) is 22.3 Å². The lowest BCUT2D eigenvalue weighted by molar-refractivity contribution is -0.671. The number of halogens is 2. The number of aryl methyl sites for hydroxylation is 1. The summed E-state index contributed by atoms with van der Waals surface area (Å²) in [6.45, 7) is 1.94. The zero-order chi connectivity index (χ0) is 13.2. The fourth-order valence-electron chi connectivity index (χ4n) is 2.72. The number of nitrogens with zero attached hydrogens (tertiary/aromatic N) is 1. The number of aromatic nitrogens is 1. The fraction of sp³-hybridized carbons (Fsp3) is 0.312. The minimum absolute atomic E-state index is 0. The molecule has 0 radical (unpaired) electrons. The van der Waals surface area contributed by atoms with E-state index in [1.54, 1.807) is 7.11 Å². The van der Waals surface area contributed by atoms with Crippen LogP contribution >= 0.6 is 12.4 Å². The molecule has 0 aliphatic carbocycles. The van der Waals surface area contributed by atoms with Crippen LogP contribution in [0.25, 0.3) is 11.1 Å². The quantitative estimate of drug-likeness (QED) is 0.513. The van der Waals surface area contributed by atoms with Gasteiger partial charge in [-0.3, -0.25) is 0 Å². The third-order valence-corrected chi connectivity index (χ3v) is 3.75. The van der Waals surface area contributed by atoms with Crippen molar-refractivity contribution in [2.24, 2.45) is 7.05 Å². The third kappa shape index (κ3) is 3.67. The van der Waals surface area contributed by atoms with Gasteiger partial charge in [-0.2, -0.15) is 0 Å². The van der Waals surface area contributed by atoms with Crippen molar-refractivity contribution in [3.63, 3.8) is 0 Å². The van der Waals surface area contributed by atoms with Crippen molar-refractivity contribution in [2.75, 3.05) is 13.7 Å². The van der Waals surface area contributed by atoms with Gasteiger partial charge >= 0.3 is 0 Å². The summed E-state index contributed by atoms with van der Waals surface area (Å²) in [5.74, 6) is 1.02. The maximum atomic E-state index is 5.49. The van der Waals surface area contributed by atoms with Crippen LogP contribution in [0.3, 0.4) is 0 Å². The van der Waals surface area contributed by atoms with Gasteiger partial charge in [0.2, 0.25) is 0 Å². The van der Waals surface area contributed by atoms with Crippen molar-refractivity contribution in [3.05, 3.63) is 47.8 Å². The van der Waals surface area contributed by atoms with Crippen LogP contribution in [0, 0.1) is 0 Å². The first-order valence-electron chi connectivity index (χ1n) is 6.64. The summed E-state index contributed by atoms with van der Waals surface area (Å²) in [6, 6.07) is 8.58. The molecule has 2 aromatic rings. The first-order chi connectivity index (χ1) is 9.29. The Morgan fingerprint density at radius 1 is 1.10 bits per heavy atom. The summed E-state index contributed by atoms with van der Waals surface area (Å²) in [7, 11) is 3.79. The molecule has 0 atom stereocenters. The Hall–Kier alpha value is -0.850. The van der Waals surface area contributed by atoms with Gasteiger partial charge in [-0.1, -0.05) is 6.07 Å². The molecule has 0 saturated heterocycles. The molecule has 2 heterocycles. The summed E-state index contributed by atoms with van der Waals surface area (Å²) < 4.78 is 7.54. The van der Waals surface area contributed by atoms with Crippen molar-refractivity contribution < 1.29 is 33.3 Å². The minimum Gasteiger partial charge on any atom is -1.00 e. The molecular weight excluding hydrogens is 399 g/mol. The van der Waals surface area contributed by atoms with Crippen molar-refractivity contribution in [2.45, 2.75) is 13.0 Å². The molecule has 3 nitrogen and oxygen atoms in total. The standard InChI is InChI=1S/C16H19N2O.ClH.HI/c1-18-9-6-12(7-10-18)13-3-4-16(19-2)14-5-8-17-11-15(13)14;;/h3-4,6-7,9-10,17H,5,8,11H2,1-2H3;2*1H/q+1;;/p-1. The number of benzene rings is 1. The Morgan fingerprint density at radius 3 is 2.48 bits per heavy atom. The predicted molar refractivity (Wildman–Crippen MR) is 82.3 cm³/mol. The lowest BCUT2D eigenvalue weighted by atomic mass is 9.91. The Kier molecular flexibility index (Phi) is 6.90. The van der Waals surface area contributed by atoms with E-state index in [4.69, 9.17) is 4.74 Å². The molecule has 5 heteroatoms. The van der Waals surface area contributed by atoms with E-state index in [-0.39, 0.29) is 36.4 Å². The molecule has 0 bridgehead atoms. The highest BCUT2D eigenvalue weighted by atomic mass is 127. The van der Waals surface area contributed by atoms with Crippen molar-refractivity contribution in [1.82, 2.24) is 5.32 Å². The molecule has 3 rings (SSSR count). The molecular formula is C16H20ClIN2O. The smallest absolute Gasteiger partial charge is 0.169 e. The number of fused-ring (bicyclic) bond motifs is 1. The maximum absolute atomic E-state index is 5.49. The molecule has 114 valence electrons. The first kappa shape index (κ1) is 18.2. The molecule has 1 aromatic carbocycles. The second-order valence-electron chi connectivity index (χ2n) is 4.95. The number of rotatable bonds is 2. The highest BCUT2D eigenvalue weighted by Gasteiger charge is 2.18. The second kappa shape index (κ2) is 7.96. The average molecular weight is 419 g/mol. The van der Waals surface area contributed by atoms with Gasteiger partial charge in [0, 0.05) is 24.2 Å². The molecule has 1 aromatic heterocycles. The van der Waals surface area contributed by atoms with E-state index < -0.39 is 0 Å². The number of hydrogen-bond acceptors (Lipinski definition) is 2. The van der Waals surface area contributed by atoms with Crippen LogP contribution < -0.4 is 38.6 Å². The van der Waals surface area contributed by atoms with Gasteiger partial charge in [-0.15, -0.1) is 12.4 Å². The van der Waals surface area contributed by atoms with E-state index in [2.05, 4.69) is 46.5 Å². The monoisotopic (exact) mass is 418 g/mol. The first-order valence-corrected chi connectivity index (χ1v) is 6.64. The molecule has 0 saturated carbocycles. The Morgan fingerprint density at radius 2 is 1.81 bits per heavy atom. The van der Waals surface area contributed by atoms with E-state index in [0.717, 1.165) is 25.3 Å².